The maximum Gasteiger partial charge on any atom is 0.275 e. The molecule has 1 fully saturated rings. The lowest BCUT2D eigenvalue weighted by atomic mass is 9.99. The summed E-state index contributed by atoms with van der Waals surface area (Å²) in [5.74, 6) is -0.174. The van der Waals surface area contributed by atoms with Gasteiger partial charge in [-0.2, -0.15) is 0 Å². The van der Waals surface area contributed by atoms with E-state index in [0.29, 0.717) is 30.4 Å². The van der Waals surface area contributed by atoms with E-state index in [1.807, 2.05) is 32.0 Å². The average Bonchev–Trinajstić information content (AvgIpc) is 4.02. The van der Waals surface area contributed by atoms with Gasteiger partial charge in [-0.25, -0.2) is 9.97 Å². The summed E-state index contributed by atoms with van der Waals surface area (Å²) >= 11 is 0. The van der Waals surface area contributed by atoms with Crippen molar-refractivity contribution in [3.05, 3.63) is 136 Å². The van der Waals surface area contributed by atoms with E-state index >= 15 is 0 Å². The molecule has 6 aromatic rings. The number of pyridine rings is 2. The summed E-state index contributed by atoms with van der Waals surface area (Å²) in [6.07, 6.45) is 8.11. The van der Waals surface area contributed by atoms with Crippen LogP contribution in [-0.2, 0) is 0 Å². The summed E-state index contributed by atoms with van der Waals surface area (Å²) in [5.41, 5.74) is 1.03. The maximum atomic E-state index is 12.3. The fraction of sp³-hybridized carbons (Fsp3) is 0.348. The number of furan rings is 1. The first kappa shape index (κ1) is 45.2. The molecule has 17 nitrogen and oxygen atoms in total. The van der Waals surface area contributed by atoms with Gasteiger partial charge in [-0.15, -0.1) is 0 Å². The van der Waals surface area contributed by atoms with Crippen molar-refractivity contribution in [2.24, 2.45) is 0 Å². The minimum atomic E-state index is -0.712. The molecule has 330 valence electrons. The molecule has 1 saturated carbocycles. The number of carbonyl (C=O) groups is 2. The summed E-state index contributed by atoms with van der Waals surface area (Å²) in [6.45, 7) is 8.05. The molecule has 63 heavy (non-hydrogen) atoms. The van der Waals surface area contributed by atoms with Gasteiger partial charge in [0.05, 0.1) is 29.7 Å². The summed E-state index contributed by atoms with van der Waals surface area (Å²) < 4.78 is 5.66. The molecule has 1 aliphatic carbocycles. The second-order valence-electron chi connectivity index (χ2n) is 16.2. The van der Waals surface area contributed by atoms with Gasteiger partial charge in [0.25, 0.3) is 33.5 Å². The molecule has 0 bridgehead atoms. The van der Waals surface area contributed by atoms with Gasteiger partial charge in [-0.1, -0.05) is 52.0 Å². The standard InChI is InChI=1S/C24H26N4O4.C22H26N4O5/c1-4-16(15-7-5-6-14(12-15)13-8-9-13)26-18-19(23(31)22(18)30)27-17-10-11-25-20(21(17)29)24(32)28(2)3;1-6-13(15-9-12(10-31-15)11(2)3)24-16-17(21(29)20(16)28)25-14-7-8-23-18(19(14)27)22(30)26(4)5/h5-7,10-13,16,26,29H,4,8-9H2,1-3H3,(H,25,27);7-11,13,24,27H,6H2,1-5H3,(H,23,25)/t16-;13-/m11/s1. The number of anilines is 6. The van der Waals surface area contributed by atoms with E-state index in [4.69, 9.17) is 4.42 Å². The minimum Gasteiger partial charge on any atom is -0.504 e. The Morgan fingerprint density at radius 3 is 1.60 bits per heavy atom. The van der Waals surface area contributed by atoms with Gasteiger partial charge in [0.2, 0.25) is 0 Å². The van der Waals surface area contributed by atoms with Crippen molar-refractivity contribution in [3.8, 4) is 11.5 Å². The van der Waals surface area contributed by atoms with Crippen LogP contribution in [-0.4, -0.2) is 70.0 Å². The molecule has 0 spiro atoms. The number of amides is 2. The number of rotatable bonds is 16. The first-order chi connectivity index (χ1) is 30.0. The third-order valence-electron chi connectivity index (χ3n) is 10.9. The summed E-state index contributed by atoms with van der Waals surface area (Å²) in [7, 11) is 6.16. The van der Waals surface area contributed by atoms with E-state index in [0.717, 1.165) is 11.1 Å². The monoisotopic (exact) mass is 860 g/mol. The normalized spacial score (nSPS) is 13.2. The molecule has 6 N–H and O–H groups in total. The number of hydrogen-bond donors (Lipinski definition) is 6. The number of aromatic hydroxyl groups is 2. The number of hydrogen-bond acceptors (Lipinski definition) is 15. The Balaban J connectivity index is 0.000000210. The molecule has 3 aromatic carbocycles. The van der Waals surface area contributed by atoms with E-state index < -0.39 is 39.3 Å². The number of aromatic nitrogens is 2. The molecule has 7 rings (SSSR count). The van der Waals surface area contributed by atoms with Gasteiger partial charge < -0.3 is 45.7 Å². The Morgan fingerprint density at radius 2 is 1.17 bits per heavy atom. The molecule has 0 saturated heterocycles. The molecule has 0 aliphatic heterocycles. The number of carbonyl (C=O) groups excluding carboxylic acids is 2. The van der Waals surface area contributed by atoms with Crippen molar-refractivity contribution in [3.63, 3.8) is 0 Å². The van der Waals surface area contributed by atoms with Crippen LogP contribution >= 0.6 is 0 Å². The second kappa shape index (κ2) is 18.8. The van der Waals surface area contributed by atoms with Crippen LogP contribution in [0.25, 0.3) is 0 Å². The Hall–Kier alpha value is -7.30. The Labute approximate surface area is 363 Å². The van der Waals surface area contributed by atoms with E-state index in [-0.39, 0.29) is 63.3 Å². The molecule has 2 amide bonds. The van der Waals surface area contributed by atoms with Crippen LogP contribution in [0.1, 0.15) is 121 Å². The van der Waals surface area contributed by atoms with Crippen molar-refractivity contribution in [2.45, 2.75) is 77.3 Å². The van der Waals surface area contributed by atoms with Crippen molar-refractivity contribution in [1.82, 2.24) is 19.8 Å². The predicted octanol–water partition coefficient (Wildman–Crippen LogP) is 6.38. The molecule has 0 radical (unpaired) electrons. The van der Waals surface area contributed by atoms with Crippen LogP contribution in [0.5, 0.6) is 11.5 Å². The predicted molar refractivity (Wildman–Crippen MR) is 242 cm³/mol. The van der Waals surface area contributed by atoms with Crippen molar-refractivity contribution >= 4 is 45.9 Å². The van der Waals surface area contributed by atoms with Crippen LogP contribution in [0.2, 0.25) is 0 Å². The highest BCUT2D eigenvalue weighted by Gasteiger charge is 2.29. The molecule has 3 heterocycles. The first-order valence-corrected chi connectivity index (χ1v) is 20.7. The number of nitrogens with zero attached hydrogens (tertiary/aromatic N) is 4. The van der Waals surface area contributed by atoms with Crippen LogP contribution in [0.3, 0.4) is 0 Å². The zero-order valence-electron chi connectivity index (χ0n) is 36.5. The third kappa shape index (κ3) is 9.46. The lowest BCUT2D eigenvalue weighted by Crippen LogP contribution is -2.37. The molecular formula is C46H52N8O9. The molecule has 2 atom stereocenters. The highest BCUT2D eigenvalue weighted by Crippen LogP contribution is 2.41. The van der Waals surface area contributed by atoms with Gasteiger partial charge in [0, 0.05) is 40.6 Å². The van der Waals surface area contributed by atoms with Crippen LogP contribution in [0.4, 0.5) is 34.1 Å². The molecule has 0 unspecified atom stereocenters. The van der Waals surface area contributed by atoms with Gasteiger partial charge >= 0.3 is 0 Å². The van der Waals surface area contributed by atoms with Gasteiger partial charge in [-0.05, 0) is 72.4 Å². The van der Waals surface area contributed by atoms with E-state index in [1.165, 1.54) is 66.8 Å². The van der Waals surface area contributed by atoms with E-state index in [9.17, 15) is 39.0 Å². The second-order valence-corrected chi connectivity index (χ2v) is 16.2. The fourth-order valence-electron chi connectivity index (χ4n) is 6.86. The average molecular weight is 861 g/mol. The smallest absolute Gasteiger partial charge is 0.275 e. The fourth-order valence-corrected chi connectivity index (χ4v) is 6.86. The van der Waals surface area contributed by atoms with Crippen molar-refractivity contribution in [2.75, 3.05) is 49.5 Å². The summed E-state index contributed by atoms with van der Waals surface area (Å²) in [5, 5.41) is 32.8. The van der Waals surface area contributed by atoms with Crippen LogP contribution in [0, 0.1) is 0 Å². The molecular weight excluding hydrogens is 809 g/mol. The van der Waals surface area contributed by atoms with E-state index in [2.05, 4.69) is 57.2 Å². The minimum absolute atomic E-state index is 0.0174. The lowest BCUT2D eigenvalue weighted by molar-refractivity contribution is 0.0811. The summed E-state index contributed by atoms with van der Waals surface area (Å²) in [4.78, 5) is 83.9. The number of benzene rings is 1. The van der Waals surface area contributed by atoms with E-state index in [1.54, 1.807) is 20.4 Å². The highest BCUT2D eigenvalue weighted by atomic mass is 16.3. The topological polar surface area (TPSA) is 236 Å². The van der Waals surface area contributed by atoms with Crippen LogP contribution in [0.15, 0.2) is 84.7 Å². The zero-order chi connectivity index (χ0) is 45.9. The Bertz CT molecular complexity index is 2790. The quantitative estimate of drug-likeness (QED) is 0.0580. The zero-order valence-corrected chi connectivity index (χ0v) is 36.5. The SMILES string of the molecule is CC[C@@H](Nc1c(Nc2ccnc(C(=O)N(C)C)c2O)c(=O)c1=O)c1cc(C(C)C)co1.CC[C@@H](Nc1c(Nc2ccnc(C(=O)N(C)C)c2O)c(=O)c1=O)c1cccc(C2CC2)c1. The van der Waals surface area contributed by atoms with Gasteiger partial charge in [-0.3, -0.25) is 28.8 Å². The van der Waals surface area contributed by atoms with Gasteiger partial charge in [0.15, 0.2) is 22.9 Å². The summed E-state index contributed by atoms with van der Waals surface area (Å²) in [6, 6.07) is 12.6. The van der Waals surface area contributed by atoms with Crippen molar-refractivity contribution < 1.29 is 24.2 Å². The maximum absolute atomic E-state index is 12.3. The van der Waals surface area contributed by atoms with Gasteiger partial charge in [0.1, 0.15) is 28.5 Å². The number of nitrogens with one attached hydrogen (secondary N) is 4. The lowest BCUT2D eigenvalue weighted by Gasteiger charge is -2.23. The largest absolute Gasteiger partial charge is 0.504 e. The highest BCUT2D eigenvalue weighted by molar-refractivity contribution is 5.98. The molecule has 17 heteroatoms. The Morgan fingerprint density at radius 1 is 0.698 bits per heavy atom. The molecule has 3 aromatic heterocycles. The third-order valence-corrected chi connectivity index (χ3v) is 10.9. The van der Waals surface area contributed by atoms with Crippen molar-refractivity contribution in [1.29, 1.82) is 0 Å². The van der Waals surface area contributed by atoms with Crippen LogP contribution < -0.4 is 43.0 Å². The Kier molecular flexibility index (Phi) is 13.5. The first-order valence-electron chi connectivity index (χ1n) is 20.7. The molecule has 1 aliphatic rings.